The Labute approximate surface area is 119 Å². The molecule has 1 rings (SSSR count). The second kappa shape index (κ2) is 6.24. The van der Waals surface area contributed by atoms with Crippen LogP contribution in [0.3, 0.4) is 0 Å². The molecule has 2 amide bonds. The summed E-state index contributed by atoms with van der Waals surface area (Å²) in [6.45, 7) is 0. The normalized spacial score (nSPS) is 10.2. The molecule has 0 atom stereocenters. The fourth-order valence-electron chi connectivity index (χ4n) is 1.24. The molecule has 0 aliphatic carbocycles. The van der Waals surface area contributed by atoms with Crippen LogP contribution in [-0.2, 0) is 9.59 Å². The Balaban J connectivity index is 2.93. The Morgan fingerprint density at radius 3 is 2.06 bits per heavy atom. The third-order valence-corrected chi connectivity index (χ3v) is 2.87. The maximum atomic E-state index is 11.7. The van der Waals surface area contributed by atoms with E-state index in [1.807, 2.05) is 0 Å². The number of primary amides is 1. The largest absolute Gasteiger partial charge is 0.370 e. The fraction of sp³-hybridized carbons (Fsp3) is 0.200. The van der Waals surface area contributed by atoms with Crippen molar-refractivity contribution < 1.29 is 9.59 Å². The molecule has 0 aliphatic rings. The van der Waals surface area contributed by atoms with Crippen molar-refractivity contribution in [3.63, 3.8) is 0 Å². The number of hydrazine groups is 1. The first-order valence-corrected chi connectivity index (χ1v) is 5.96. The maximum absolute atomic E-state index is 11.7. The van der Waals surface area contributed by atoms with Gasteiger partial charge in [-0.3, -0.25) is 9.59 Å². The van der Waals surface area contributed by atoms with Crippen LogP contribution in [0.1, 0.15) is 12.8 Å². The van der Waals surface area contributed by atoms with Gasteiger partial charge in [-0.05, 0) is 12.1 Å². The lowest BCUT2D eigenvalue weighted by atomic mass is 10.2. The van der Waals surface area contributed by atoms with Gasteiger partial charge in [-0.25, -0.2) is 10.9 Å². The molecule has 0 aromatic heterocycles. The molecule has 4 N–H and O–H groups in total. The van der Waals surface area contributed by atoms with Crippen LogP contribution in [0.5, 0.6) is 0 Å². The van der Waals surface area contributed by atoms with E-state index < -0.39 is 11.8 Å². The highest BCUT2D eigenvalue weighted by Crippen LogP contribution is 2.35. The van der Waals surface area contributed by atoms with Crippen LogP contribution in [0.4, 0.5) is 5.69 Å². The molecule has 0 fully saturated rings. The van der Waals surface area contributed by atoms with Crippen LogP contribution < -0.4 is 16.6 Å². The number of rotatable bonds is 4. The predicted octanol–water partition coefficient (Wildman–Crippen LogP) is 2.12. The minimum absolute atomic E-state index is 0.102. The molecule has 18 heavy (non-hydrogen) atoms. The van der Waals surface area contributed by atoms with E-state index >= 15 is 0 Å². The highest BCUT2D eigenvalue weighted by molar-refractivity contribution is 6.42. The number of carbonyl (C=O) groups is 2. The van der Waals surface area contributed by atoms with Crippen LogP contribution in [0.25, 0.3) is 0 Å². The second-order valence-electron chi connectivity index (χ2n) is 3.45. The van der Waals surface area contributed by atoms with Crippen LogP contribution in [0.2, 0.25) is 15.1 Å². The van der Waals surface area contributed by atoms with E-state index in [9.17, 15) is 9.59 Å². The van der Waals surface area contributed by atoms with E-state index in [0.717, 1.165) is 5.01 Å². The summed E-state index contributed by atoms with van der Waals surface area (Å²) in [4.78, 5) is 22.3. The smallest absolute Gasteiger partial charge is 0.241 e. The number of benzene rings is 1. The number of halogens is 3. The van der Waals surface area contributed by atoms with Crippen LogP contribution in [0.15, 0.2) is 12.1 Å². The summed E-state index contributed by atoms with van der Waals surface area (Å²) in [6, 6.07) is 2.82. The number of nitrogens with zero attached hydrogens (tertiary/aromatic N) is 1. The summed E-state index contributed by atoms with van der Waals surface area (Å²) in [7, 11) is 0. The van der Waals surface area contributed by atoms with Gasteiger partial charge >= 0.3 is 0 Å². The Bertz CT molecular complexity index is 470. The van der Waals surface area contributed by atoms with Crippen molar-refractivity contribution in [1.82, 2.24) is 0 Å². The number of carbonyl (C=O) groups excluding carboxylic acids is 2. The summed E-state index contributed by atoms with van der Waals surface area (Å²) in [5.41, 5.74) is 5.08. The molecule has 0 spiro atoms. The Morgan fingerprint density at radius 2 is 1.61 bits per heavy atom. The van der Waals surface area contributed by atoms with Crippen molar-refractivity contribution in [2.24, 2.45) is 11.6 Å². The molecule has 0 bridgehead atoms. The predicted molar refractivity (Wildman–Crippen MR) is 71.6 cm³/mol. The van der Waals surface area contributed by atoms with Gasteiger partial charge in [0.15, 0.2) is 0 Å². The van der Waals surface area contributed by atoms with Gasteiger partial charge in [-0.15, -0.1) is 0 Å². The molecule has 0 aliphatic heterocycles. The molecular weight excluding hydrogens is 300 g/mol. The van der Waals surface area contributed by atoms with Gasteiger partial charge in [0, 0.05) is 17.9 Å². The van der Waals surface area contributed by atoms with E-state index in [2.05, 4.69) is 0 Å². The van der Waals surface area contributed by atoms with E-state index in [-0.39, 0.29) is 28.6 Å². The summed E-state index contributed by atoms with van der Waals surface area (Å²) >= 11 is 17.5. The van der Waals surface area contributed by atoms with E-state index in [4.69, 9.17) is 46.4 Å². The molecule has 0 unspecified atom stereocenters. The van der Waals surface area contributed by atoms with E-state index in [0.29, 0.717) is 5.02 Å². The molecule has 98 valence electrons. The van der Waals surface area contributed by atoms with Crippen molar-refractivity contribution in [2.75, 3.05) is 5.01 Å². The van der Waals surface area contributed by atoms with Crippen LogP contribution in [0, 0.1) is 0 Å². The summed E-state index contributed by atoms with van der Waals surface area (Å²) in [6.07, 6.45) is -0.226. The van der Waals surface area contributed by atoms with E-state index in [1.165, 1.54) is 12.1 Å². The third kappa shape index (κ3) is 3.74. The standard InChI is InChI=1S/C10H10Cl3N3O2/c11-5-3-6(12)10(7(13)4-5)16(15)9(18)2-1-8(14)17/h3-4H,1-2,15H2,(H2,14,17). The van der Waals surface area contributed by atoms with Gasteiger partial charge in [0.1, 0.15) is 0 Å². The first-order chi connectivity index (χ1) is 8.32. The number of amides is 2. The van der Waals surface area contributed by atoms with Crippen molar-refractivity contribution in [2.45, 2.75) is 12.8 Å². The molecule has 1 aromatic carbocycles. The van der Waals surface area contributed by atoms with Gasteiger partial charge in [0.2, 0.25) is 11.8 Å². The molecule has 0 heterocycles. The highest BCUT2D eigenvalue weighted by Gasteiger charge is 2.19. The van der Waals surface area contributed by atoms with Gasteiger partial charge in [0.25, 0.3) is 0 Å². The minimum Gasteiger partial charge on any atom is -0.370 e. The number of hydrogen-bond donors (Lipinski definition) is 2. The van der Waals surface area contributed by atoms with Gasteiger partial charge < -0.3 is 5.73 Å². The van der Waals surface area contributed by atoms with Crippen molar-refractivity contribution in [3.8, 4) is 0 Å². The SMILES string of the molecule is NC(=O)CCC(=O)N(N)c1c(Cl)cc(Cl)cc1Cl. The van der Waals surface area contributed by atoms with E-state index in [1.54, 1.807) is 0 Å². The van der Waals surface area contributed by atoms with Crippen molar-refractivity contribution in [3.05, 3.63) is 27.2 Å². The lowest BCUT2D eigenvalue weighted by molar-refractivity contribution is -0.123. The van der Waals surface area contributed by atoms with Gasteiger partial charge in [-0.2, -0.15) is 0 Å². The van der Waals surface area contributed by atoms with Gasteiger partial charge in [0.05, 0.1) is 15.7 Å². The second-order valence-corrected chi connectivity index (χ2v) is 4.70. The van der Waals surface area contributed by atoms with Gasteiger partial charge in [-0.1, -0.05) is 34.8 Å². The zero-order valence-corrected chi connectivity index (χ0v) is 11.4. The molecule has 5 nitrogen and oxygen atoms in total. The molecule has 8 heteroatoms. The average Bonchev–Trinajstić information content (AvgIpc) is 2.24. The summed E-state index contributed by atoms with van der Waals surface area (Å²) in [5.74, 6) is 4.48. The first kappa shape index (κ1) is 15.0. The maximum Gasteiger partial charge on any atom is 0.241 e. The lowest BCUT2D eigenvalue weighted by Crippen LogP contribution is -2.38. The average molecular weight is 311 g/mol. The Kier molecular flexibility index (Phi) is 5.22. The Morgan fingerprint density at radius 1 is 1.11 bits per heavy atom. The number of hydrogen-bond acceptors (Lipinski definition) is 3. The number of anilines is 1. The van der Waals surface area contributed by atoms with Crippen molar-refractivity contribution >= 4 is 52.3 Å². The molecule has 0 saturated heterocycles. The minimum atomic E-state index is -0.593. The zero-order chi connectivity index (χ0) is 13.9. The van der Waals surface area contributed by atoms with Crippen molar-refractivity contribution in [1.29, 1.82) is 0 Å². The quantitative estimate of drug-likeness (QED) is 0.507. The Hall–Kier alpha value is -1.01. The first-order valence-electron chi connectivity index (χ1n) is 4.83. The highest BCUT2D eigenvalue weighted by atomic mass is 35.5. The lowest BCUT2D eigenvalue weighted by Gasteiger charge is -2.19. The van der Waals surface area contributed by atoms with Crippen LogP contribution in [-0.4, -0.2) is 11.8 Å². The molecular formula is C10H10Cl3N3O2. The third-order valence-electron chi connectivity index (χ3n) is 2.08. The molecule has 0 radical (unpaired) electrons. The zero-order valence-electron chi connectivity index (χ0n) is 9.12. The monoisotopic (exact) mass is 309 g/mol. The summed E-state index contributed by atoms with van der Waals surface area (Å²) < 4.78 is 0. The topological polar surface area (TPSA) is 89.4 Å². The molecule has 0 saturated carbocycles. The number of nitrogens with two attached hydrogens (primary N) is 2. The fourth-order valence-corrected chi connectivity index (χ4v) is 2.24. The molecule has 1 aromatic rings. The van der Waals surface area contributed by atoms with Crippen LogP contribution >= 0.6 is 34.8 Å². The summed E-state index contributed by atoms with van der Waals surface area (Å²) in [5, 5.41) is 1.39.